The SMILES string of the molecule is O=C(Nc1ccc(Sc2nc(Cl)cc(Cl)n2)cc1)C1CC1. The van der Waals surface area contributed by atoms with E-state index in [0.717, 1.165) is 23.4 Å². The van der Waals surface area contributed by atoms with Crippen LogP contribution in [-0.2, 0) is 4.79 Å². The zero-order valence-corrected chi connectivity index (χ0v) is 13.2. The Morgan fingerprint density at radius 2 is 1.76 bits per heavy atom. The summed E-state index contributed by atoms with van der Waals surface area (Å²) in [7, 11) is 0. The van der Waals surface area contributed by atoms with Crippen molar-refractivity contribution in [1.29, 1.82) is 0 Å². The molecule has 4 nitrogen and oxygen atoms in total. The van der Waals surface area contributed by atoms with Crippen molar-refractivity contribution >= 4 is 46.6 Å². The number of benzene rings is 1. The highest BCUT2D eigenvalue weighted by Gasteiger charge is 2.29. The van der Waals surface area contributed by atoms with E-state index in [2.05, 4.69) is 15.3 Å². The summed E-state index contributed by atoms with van der Waals surface area (Å²) in [5.41, 5.74) is 0.793. The fourth-order valence-corrected chi connectivity index (χ4v) is 3.01. The number of hydrogen-bond donors (Lipinski definition) is 1. The van der Waals surface area contributed by atoms with Gasteiger partial charge in [0, 0.05) is 22.6 Å². The molecule has 0 unspecified atom stereocenters. The molecule has 0 aliphatic heterocycles. The molecule has 1 aliphatic carbocycles. The average molecular weight is 340 g/mol. The first-order valence-corrected chi connectivity index (χ1v) is 7.96. The Hall–Kier alpha value is -1.30. The fraction of sp³-hybridized carbons (Fsp3) is 0.214. The van der Waals surface area contributed by atoms with Gasteiger partial charge in [0.1, 0.15) is 10.3 Å². The van der Waals surface area contributed by atoms with E-state index in [1.165, 1.54) is 17.8 Å². The quantitative estimate of drug-likeness (QED) is 0.667. The summed E-state index contributed by atoms with van der Waals surface area (Å²) >= 11 is 13.0. The first-order valence-electron chi connectivity index (χ1n) is 6.39. The Morgan fingerprint density at radius 3 is 2.33 bits per heavy atom. The zero-order valence-electron chi connectivity index (χ0n) is 10.8. The van der Waals surface area contributed by atoms with E-state index < -0.39 is 0 Å². The van der Waals surface area contributed by atoms with E-state index in [1.807, 2.05) is 24.3 Å². The lowest BCUT2D eigenvalue weighted by atomic mass is 10.3. The molecule has 1 aromatic heterocycles. The molecule has 1 amide bonds. The molecule has 1 saturated carbocycles. The van der Waals surface area contributed by atoms with Crippen molar-refractivity contribution in [3.63, 3.8) is 0 Å². The summed E-state index contributed by atoms with van der Waals surface area (Å²) in [6.07, 6.45) is 1.99. The van der Waals surface area contributed by atoms with Gasteiger partial charge in [-0.25, -0.2) is 9.97 Å². The van der Waals surface area contributed by atoms with E-state index in [1.54, 1.807) is 0 Å². The van der Waals surface area contributed by atoms with Crippen LogP contribution in [0.25, 0.3) is 0 Å². The monoisotopic (exact) mass is 339 g/mol. The lowest BCUT2D eigenvalue weighted by Gasteiger charge is -2.05. The number of nitrogens with one attached hydrogen (secondary N) is 1. The summed E-state index contributed by atoms with van der Waals surface area (Å²) in [6, 6.07) is 8.99. The molecule has 1 aliphatic rings. The third-order valence-electron chi connectivity index (χ3n) is 2.92. The van der Waals surface area contributed by atoms with Gasteiger partial charge in [0.15, 0.2) is 5.16 Å². The zero-order chi connectivity index (χ0) is 14.8. The topological polar surface area (TPSA) is 54.9 Å². The summed E-state index contributed by atoms with van der Waals surface area (Å²) in [6.45, 7) is 0. The maximum Gasteiger partial charge on any atom is 0.227 e. The van der Waals surface area contributed by atoms with Crippen molar-refractivity contribution in [2.24, 2.45) is 5.92 Å². The average Bonchev–Trinajstić information content (AvgIpc) is 3.24. The van der Waals surface area contributed by atoms with Crippen LogP contribution in [0.4, 0.5) is 5.69 Å². The van der Waals surface area contributed by atoms with Gasteiger partial charge in [0.2, 0.25) is 5.91 Å². The molecule has 0 atom stereocenters. The molecule has 0 saturated heterocycles. The molecule has 108 valence electrons. The number of halogens is 2. The lowest BCUT2D eigenvalue weighted by molar-refractivity contribution is -0.117. The number of amides is 1. The minimum atomic E-state index is 0.0976. The van der Waals surface area contributed by atoms with Crippen LogP contribution in [-0.4, -0.2) is 15.9 Å². The first-order chi connectivity index (χ1) is 10.1. The molecule has 2 aromatic rings. The van der Waals surface area contributed by atoms with Crippen LogP contribution in [0, 0.1) is 5.92 Å². The molecular formula is C14H11Cl2N3OS. The Morgan fingerprint density at radius 1 is 1.14 bits per heavy atom. The summed E-state index contributed by atoms with van der Waals surface area (Å²) in [5.74, 6) is 0.293. The molecule has 3 rings (SSSR count). The maximum absolute atomic E-state index is 11.7. The number of nitrogens with zero attached hydrogens (tertiary/aromatic N) is 2. The minimum Gasteiger partial charge on any atom is -0.326 e. The predicted molar refractivity (Wildman–Crippen MR) is 84.0 cm³/mol. The van der Waals surface area contributed by atoms with Crippen LogP contribution in [0.15, 0.2) is 40.4 Å². The molecule has 1 aromatic carbocycles. The maximum atomic E-state index is 11.7. The first kappa shape index (κ1) is 14.6. The third-order valence-corrected chi connectivity index (χ3v) is 4.18. The second-order valence-electron chi connectivity index (χ2n) is 4.69. The molecule has 0 bridgehead atoms. The number of carbonyl (C=O) groups excluding carboxylic acids is 1. The minimum absolute atomic E-state index is 0.0976. The molecular weight excluding hydrogens is 329 g/mol. The largest absolute Gasteiger partial charge is 0.326 e. The second-order valence-corrected chi connectivity index (χ2v) is 6.50. The van der Waals surface area contributed by atoms with Crippen LogP contribution in [0.1, 0.15) is 12.8 Å². The van der Waals surface area contributed by atoms with Gasteiger partial charge < -0.3 is 5.32 Å². The molecule has 1 heterocycles. The van der Waals surface area contributed by atoms with E-state index in [-0.39, 0.29) is 11.8 Å². The van der Waals surface area contributed by atoms with Crippen LogP contribution in [0.2, 0.25) is 10.3 Å². The predicted octanol–water partition coefficient (Wildman–Crippen LogP) is 4.28. The van der Waals surface area contributed by atoms with Crippen LogP contribution < -0.4 is 5.32 Å². The number of anilines is 1. The van der Waals surface area contributed by atoms with Crippen molar-refractivity contribution in [3.05, 3.63) is 40.6 Å². The van der Waals surface area contributed by atoms with Crippen molar-refractivity contribution in [2.45, 2.75) is 22.9 Å². The van der Waals surface area contributed by atoms with Gasteiger partial charge in [-0.15, -0.1) is 0 Å². The van der Waals surface area contributed by atoms with Gasteiger partial charge in [0.05, 0.1) is 0 Å². The van der Waals surface area contributed by atoms with Gasteiger partial charge in [0.25, 0.3) is 0 Å². The van der Waals surface area contributed by atoms with E-state index >= 15 is 0 Å². The van der Waals surface area contributed by atoms with Crippen LogP contribution >= 0.6 is 35.0 Å². The summed E-state index contributed by atoms with van der Waals surface area (Å²) < 4.78 is 0. The van der Waals surface area contributed by atoms with E-state index in [0.29, 0.717) is 15.5 Å². The summed E-state index contributed by atoms with van der Waals surface area (Å²) in [4.78, 5) is 20.8. The van der Waals surface area contributed by atoms with Gasteiger partial charge in [-0.1, -0.05) is 23.2 Å². The van der Waals surface area contributed by atoms with E-state index in [4.69, 9.17) is 23.2 Å². The Balaban J connectivity index is 1.67. The number of hydrogen-bond acceptors (Lipinski definition) is 4. The fourth-order valence-electron chi connectivity index (χ4n) is 1.72. The van der Waals surface area contributed by atoms with Crippen molar-refractivity contribution in [1.82, 2.24) is 9.97 Å². The highest BCUT2D eigenvalue weighted by molar-refractivity contribution is 7.99. The standard InChI is InChI=1S/C14H11Cl2N3OS/c15-11-7-12(16)19-14(18-11)21-10-5-3-9(4-6-10)17-13(20)8-1-2-8/h3-8H,1-2H2,(H,17,20). The Bertz CT molecular complexity index is 654. The van der Waals surface area contributed by atoms with Gasteiger partial charge in [-0.2, -0.15) is 0 Å². The van der Waals surface area contributed by atoms with E-state index in [9.17, 15) is 4.79 Å². The normalized spacial score (nSPS) is 14.0. The highest BCUT2D eigenvalue weighted by Crippen LogP contribution is 2.31. The molecule has 0 radical (unpaired) electrons. The van der Waals surface area contributed by atoms with Gasteiger partial charge in [-0.3, -0.25) is 4.79 Å². The third kappa shape index (κ3) is 4.09. The smallest absolute Gasteiger partial charge is 0.227 e. The molecule has 1 N–H and O–H groups in total. The molecule has 7 heteroatoms. The van der Waals surface area contributed by atoms with Gasteiger partial charge in [-0.05, 0) is 48.9 Å². The molecule has 21 heavy (non-hydrogen) atoms. The van der Waals surface area contributed by atoms with Crippen molar-refractivity contribution in [3.8, 4) is 0 Å². The lowest BCUT2D eigenvalue weighted by Crippen LogP contribution is -2.12. The Kier molecular flexibility index (Phi) is 4.33. The summed E-state index contributed by atoms with van der Waals surface area (Å²) in [5, 5.41) is 4.00. The van der Waals surface area contributed by atoms with Crippen LogP contribution in [0.3, 0.4) is 0 Å². The van der Waals surface area contributed by atoms with Gasteiger partial charge >= 0.3 is 0 Å². The van der Waals surface area contributed by atoms with Crippen molar-refractivity contribution < 1.29 is 4.79 Å². The van der Waals surface area contributed by atoms with Crippen molar-refractivity contribution in [2.75, 3.05) is 5.32 Å². The number of carbonyl (C=O) groups is 1. The highest BCUT2D eigenvalue weighted by atomic mass is 35.5. The molecule has 0 spiro atoms. The number of rotatable bonds is 4. The van der Waals surface area contributed by atoms with Crippen LogP contribution in [0.5, 0.6) is 0 Å². The second kappa shape index (κ2) is 6.22. The Labute approximate surface area is 136 Å². The molecule has 1 fully saturated rings. The number of aromatic nitrogens is 2.